The molecule has 0 radical (unpaired) electrons. The molecule has 1 aromatic carbocycles. The standard InChI is InChI=1S/C18H21N3O2S.ClH/c1-23-13-5-2-11(3-6-13)17-20-16(10-24-17)18(22)21-8-12-4-7-15(19)14(12)9-21;/h2-3,5-6,10,12,14-15H,4,7-9,19H2,1H3;1H. The molecule has 2 fully saturated rings. The van der Waals surface area contributed by atoms with Crippen LogP contribution in [-0.4, -0.2) is 42.0 Å². The van der Waals surface area contributed by atoms with Crippen molar-refractivity contribution in [2.24, 2.45) is 17.6 Å². The summed E-state index contributed by atoms with van der Waals surface area (Å²) in [5.41, 5.74) is 7.70. The summed E-state index contributed by atoms with van der Waals surface area (Å²) in [4.78, 5) is 19.2. The lowest BCUT2D eigenvalue weighted by Gasteiger charge is -2.17. The number of benzene rings is 1. The Balaban J connectivity index is 0.00000182. The topological polar surface area (TPSA) is 68.5 Å². The van der Waals surface area contributed by atoms with E-state index in [0.29, 0.717) is 17.5 Å². The third kappa shape index (κ3) is 3.38. The van der Waals surface area contributed by atoms with Crippen molar-refractivity contribution in [2.45, 2.75) is 18.9 Å². The van der Waals surface area contributed by atoms with E-state index in [0.717, 1.165) is 42.3 Å². The van der Waals surface area contributed by atoms with Crippen LogP contribution in [0.2, 0.25) is 0 Å². The van der Waals surface area contributed by atoms with Crippen molar-refractivity contribution in [3.8, 4) is 16.3 Å². The molecule has 1 aliphatic carbocycles. The van der Waals surface area contributed by atoms with Crippen LogP contribution >= 0.6 is 23.7 Å². The van der Waals surface area contributed by atoms with E-state index in [1.807, 2.05) is 34.5 Å². The molecule has 0 bridgehead atoms. The number of amides is 1. The predicted molar refractivity (Wildman–Crippen MR) is 101 cm³/mol. The van der Waals surface area contributed by atoms with Crippen LogP contribution in [0.1, 0.15) is 23.3 Å². The number of hydrogen-bond donors (Lipinski definition) is 1. The van der Waals surface area contributed by atoms with Gasteiger partial charge in [-0.3, -0.25) is 4.79 Å². The molecule has 2 N–H and O–H groups in total. The minimum atomic E-state index is 0. The molecule has 2 heterocycles. The monoisotopic (exact) mass is 379 g/mol. The van der Waals surface area contributed by atoms with Gasteiger partial charge in [-0.25, -0.2) is 4.98 Å². The van der Waals surface area contributed by atoms with Crippen LogP contribution in [0.25, 0.3) is 10.6 Å². The summed E-state index contributed by atoms with van der Waals surface area (Å²) in [6.07, 6.45) is 2.24. The van der Waals surface area contributed by atoms with E-state index in [9.17, 15) is 4.79 Å². The molecule has 25 heavy (non-hydrogen) atoms. The summed E-state index contributed by atoms with van der Waals surface area (Å²) in [6, 6.07) is 7.98. The van der Waals surface area contributed by atoms with E-state index < -0.39 is 0 Å². The summed E-state index contributed by atoms with van der Waals surface area (Å²) in [5.74, 6) is 1.89. The Kier molecular flexibility index (Phi) is 5.32. The molecule has 1 saturated carbocycles. The molecule has 5 nitrogen and oxygen atoms in total. The van der Waals surface area contributed by atoms with E-state index in [1.165, 1.54) is 11.3 Å². The Hall–Kier alpha value is -1.63. The number of aromatic nitrogens is 1. The number of thiazole rings is 1. The number of hydrogen-bond acceptors (Lipinski definition) is 5. The van der Waals surface area contributed by atoms with Gasteiger partial charge < -0.3 is 15.4 Å². The molecule has 3 unspecified atom stereocenters. The van der Waals surface area contributed by atoms with Crippen LogP contribution in [0.5, 0.6) is 5.75 Å². The van der Waals surface area contributed by atoms with Crippen molar-refractivity contribution >= 4 is 29.7 Å². The number of nitrogens with two attached hydrogens (primary N) is 1. The maximum absolute atomic E-state index is 12.7. The molecule has 1 aliphatic heterocycles. The smallest absolute Gasteiger partial charge is 0.273 e. The molecular weight excluding hydrogens is 358 g/mol. The SMILES string of the molecule is COc1ccc(-c2nc(C(=O)N3CC4CCC(N)C4C3)cs2)cc1.Cl. The van der Waals surface area contributed by atoms with Gasteiger partial charge in [-0.1, -0.05) is 0 Å². The van der Waals surface area contributed by atoms with Crippen molar-refractivity contribution in [2.75, 3.05) is 20.2 Å². The van der Waals surface area contributed by atoms with Gasteiger partial charge in [0.25, 0.3) is 5.91 Å². The summed E-state index contributed by atoms with van der Waals surface area (Å²) in [7, 11) is 1.65. The lowest BCUT2D eigenvalue weighted by Crippen LogP contribution is -2.33. The number of carbonyl (C=O) groups is 1. The number of halogens is 1. The van der Waals surface area contributed by atoms with Crippen molar-refractivity contribution < 1.29 is 9.53 Å². The highest BCUT2D eigenvalue weighted by molar-refractivity contribution is 7.13. The number of rotatable bonds is 3. The highest BCUT2D eigenvalue weighted by Gasteiger charge is 2.42. The van der Waals surface area contributed by atoms with Gasteiger partial charge in [0.05, 0.1) is 7.11 Å². The molecule has 2 aliphatic rings. The molecule has 7 heteroatoms. The average molecular weight is 380 g/mol. The maximum atomic E-state index is 12.7. The van der Waals surface area contributed by atoms with Crippen molar-refractivity contribution in [3.63, 3.8) is 0 Å². The third-order valence-corrected chi connectivity index (χ3v) is 6.15. The van der Waals surface area contributed by atoms with Gasteiger partial charge in [0.15, 0.2) is 0 Å². The fourth-order valence-corrected chi connectivity index (χ4v) is 4.67. The molecule has 134 valence electrons. The second-order valence-electron chi connectivity index (χ2n) is 6.64. The lowest BCUT2D eigenvalue weighted by molar-refractivity contribution is 0.0774. The van der Waals surface area contributed by atoms with Gasteiger partial charge in [0, 0.05) is 30.1 Å². The van der Waals surface area contributed by atoms with Gasteiger partial charge in [-0.2, -0.15) is 0 Å². The molecular formula is C18H22ClN3O2S. The summed E-state index contributed by atoms with van der Waals surface area (Å²) in [6.45, 7) is 1.60. The largest absolute Gasteiger partial charge is 0.497 e. The zero-order valence-electron chi connectivity index (χ0n) is 14.1. The summed E-state index contributed by atoms with van der Waals surface area (Å²) in [5, 5.41) is 2.72. The fraction of sp³-hybridized carbons (Fsp3) is 0.444. The van der Waals surface area contributed by atoms with E-state index >= 15 is 0 Å². The molecule has 0 spiro atoms. The zero-order valence-corrected chi connectivity index (χ0v) is 15.7. The Bertz CT molecular complexity index is 749. The number of methoxy groups -OCH3 is 1. The van der Waals surface area contributed by atoms with Gasteiger partial charge >= 0.3 is 0 Å². The van der Waals surface area contributed by atoms with E-state index in [-0.39, 0.29) is 24.4 Å². The summed E-state index contributed by atoms with van der Waals surface area (Å²) < 4.78 is 5.17. The molecule has 2 aromatic rings. The Morgan fingerprint density at radius 1 is 1.28 bits per heavy atom. The third-order valence-electron chi connectivity index (χ3n) is 5.26. The first kappa shape index (κ1) is 18.2. The molecule has 3 atom stereocenters. The number of ether oxygens (including phenoxy) is 1. The second-order valence-corrected chi connectivity index (χ2v) is 7.50. The van der Waals surface area contributed by atoms with E-state index in [4.69, 9.17) is 10.5 Å². The lowest BCUT2D eigenvalue weighted by atomic mass is 9.98. The van der Waals surface area contributed by atoms with Gasteiger partial charge in [-0.15, -0.1) is 23.7 Å². The Morgan fingerprint density at radius 2 is 2.04 bits per heavy atom. The zero-order chi connectivity index (χ0) is 16.7. The molecule has 1 saturated heterocycles. The van der Waals surface area contributed by atoms with Crippen LogP contribution in [0, 0.1) is 11.8 Å². The van der Waals surface area contributed by atoms with Gasteiger partial charge in [-0.05, 0) is 48.9 Å². The number of likely N-dealkylation sites (tertiary alicyclic amines) is 1. The number of fused-ring (bicyclic) bond motifs is 1. The first-order valence-electron chi connectivity index (χ1n) is 8.30. The van der Waals surface area contributed by atoms with Crippen molar-refractivity contribution in [3.05, 3.63) is 35.3 Å². The van der Waals surface area contributed by atoms with Crippen molar-refractivity contribution in [1.82, 2.24) is 9.88 Å². The summed E-state index contributed by atoms with van der Waals surface area (Å²) >= 11 is 1.50. The highest BCUT2D eigenvalue weighted by Crippen LogP contribution is 2.37. The van der Waals surface area contributed by atoms with Crippen LogP contribution in [0.3, 0.4) is 0 Å². The number of nitrogens with zero attached hydrogens (tertiary/aromatic N) is 2. The normalized spacial score (nSPS) is 24.7. The predicted octanol–water partition coefficient (Wildman–Crippen LogP) is 3.05. The van der Waals surface area contributed by atoms with Gasteiger partial charge in [0.2, 0.25) is 0 Å². The van der Waals surface area contributed by atoms with Crippen molar-refractivity contribution in [1.29, 1.82) is 0 Å². The van der Waals surface area contributed by atoms with Crippen LogP contribution in [0.4, 0.5) is 0 Å². The van der Waals surface area contributed by atoms with Crippen LogP contribution < -0.4 is 10.5 Å². The minimum Gasteiger partial charge on any atom is -0.497 e. The van der Waals surface area contributed by atoms with E-state index in [1.54, 1.807) is 7.11 Å². The first-order chi connectivity index (χ1) is 11.7. The molecule has 1 amide bonds. The van der Waals surface area contributed by atoms with Gasteiger partial charge in [0.1, 0.15) is 16.5 Å². The Morgan fingerprint density at radius 3 is 2.72 bits per heavy atom. The average Bonchev–Trinajstić information content (AvgIpc) is 3.32. The number of carbonyl (C=O) groups excluding carboxylic acids is 1. The first-order valence-corrected chi connectivity index (χ1v) is 9.18. The molecule has 1 aromatic heterocycles. The maximum Gasteiger partial charge on any atom is 0.273 e. The fourth-order valence-electron chi connectivity index (χ4n) is 3.87. The highest BCUT2D eigenvalue weighted by atomic mass is 35.5. The quantitative estimate of drug-likeness (QED) is 0.889. The minimum absolute atomic E-state index is 0. The molecule has 4 rings (SSSR count). The second kappa shape index (κ2) is 7.32. The van der Waals surface area contributed by atoms with Crippen LogP contribution in [0.15, 0.2) is 29.6 Å². The van der Waals surface area contributed by atoms with Crippen LogP contribution in [-0.2, 0) is 0 Å². The Labute approximate surface area is 157 Å². The van der Waals surface area contributed by atoms with E-state index in [2.05, 4.69) is 4.98 Å².